The second kappa shape index (κ2) is 4.46. The fourth-order valence-corrected chi connectivity index (χ4v) is 1.14. The maximum Gasteiger partial charge on any atom is 0.307 e. The van der Waals surface area contributed by atoms with Gasteiger partial charge in [-0.15, -0.1) is 0 Å². The number of aliphatic carboxylic acids is 1. The van der Waals surface area contributed by atoms with Gasteiger partial charge in [0.25, 0.3) is 0 Å². The van der Waals surface area contributed by atoms with E-state index in [0.717, 1.165) is 16.8 Å². The van der Waals surface area contributed by atoms with Gasteiger partial charge in [0, 0.05) is 5.69 Å². The molecule has 0 amide bonds. The molecule has 3 heteroatoms. The Hall–Kier alpha value is -1.77. The van der Waals surface area contributed by atoms with Crippen LogP contribution in [0.5, 0.6) is 0 Å². The van der Waals surface area contributed by atoms with Gasteiger partial charge in [0.05, 0.1) is 6.42 Å². The van der Waals surface area contributed by atoms with E-state index in [1.807, 2.05) is 25.1 Å². The predicted molar refractivity (Wildman–Crippen MR) is 56.9 cm³/mol. The van der Waals surface area contributed by atoms with Crippen LogP contribution in [-0.2, 0) is 4.79 Å². The summed E-state index contributed by atoms with van der Waals surface area (Å²) in [6, 6.07) is 5.58. The Morgan fingerprint density at radius 1 is 1.57 bits per heavy atom. The second-order valence-electron chi connectivity index (χ2n) is 3.06. The maximum atomic E-state index is 10.3. The minimum Gasteiger partial charge on any atom is -0.481 e. The van der Waals surface area contributed by atoms with Gasteiger partial charge >= 0.3 is 5.97 Å². The van der Waals surface area contributed by atoms with Crippen LogP contribution in [0.1, 0.15) is 17.5 Å². The fourth-order valence-electron chi connectivity index (χ4n) is 1.14. The molecule has 0 saturated carbocycles. The molecule has 74 valence electrons. The third kappa shape index (κ3) is 2.62. The lowest BCUT2D eigenvalue weighted by molar-refractivity contribution is -0.135. The van der Waals surface area contributed by atoms with Crippen LogP contribution in [0, 0.1) is 6.92 Å². The summed E-state index contributed by atoms with van der Waals surface area (Å²) in [6.07, 6.45) is 3.43. The highest BCUT2D eigenvalue weighted by Crippen LogP contribution is 2.16. The Morgan fingerprint density at radius 3 is 2.93 bits per heavy atom. The number of anilines is 1. The minimum atomic E-state index is -0.831. The number of carboxylic acid groups (broad SMARTS) is 1. The molecule has 3 N–H and O–H groups in total. The van der Waals surface area contributed by atoms with Crippen LogP contribution in [0.4, 0.5) is 5.69 Å². The molecule has 0 bridgehead atoms. The van der Waals surface area contributed by atoms with Gasteiger partial charge in [0.1, 0.15) is 0 Å². The first-order valence-electron chi connectivity index (χ1n) is 4.34. The highest BCUT2D eigenvalue weighted by Gasteiger charge is 1.97. The molecule has 0 heterocycles. The van der Waals surface area contributed by atoms with Crippen molar-refractivity contribution in [2.75, 3.05) is 5.73 Å². The van der Waals surface area contributed by atoms with E-state index in [9.17, 15) is 4.79 Å². The van der Waals surface area contributed by atoms with E-state index in [0.29, 0.717) is 0 Å². The van der Waals surface area contributed by atoms with Gasteiger partial charge in [-0.2, -0.15) is 0 Å². The Morgan fingerprint density at radius 2 is 2.29 bits per heavy atom. The quantitative estimate of drug-likeness (QED) is 0.719. The topological polar surface area (TPSA) is 63.3 Å². The Kier molecular flexibility index (Phi) is 3.29. The average Bonchev–Trinajstić information content (AvgIpc) is 2.12. The molecule has 0 aromatic heterocycles. The SMILES string of the molecule is Cc1c(N)cccc1C=CCC(=O)O. The van der Waals surface area contributed by atoms with Gasteiger partial charge in [-0.25, -0.2) is 0 Å². The van der Waals surface area contributed by atoms with E-state index >= 15 is 0 Å². The third-order valence-electron chi connectivity index (χ3n) is 2.01. The molecular formula is C11H13NO2. The zero-order valence-corrected chi connectivity index (χ0v) is 8.03. The summed E-state index contributed by atoms with van der Waals surface area (Å²) in [5, 5.41) is 8.44. The second-order valence-corrected chi connectivity index (χ2v) is 3.06. The molecule has 0 fully saturated rings. The van der Waals surface area contributed by atoms with Gasteiger partial charge in [-0.1, -0.05) is 24.3 Å². The molecule has 0 radical (unpaired) electrons. The van der Waals surface area contributed by atoms with Crippen LogP contribution in [0.2, 0.25) is 0 Å². The molecule has 1 aromatic rings. The number of carboxylic acids is 1. The maximum absolute atomic E-state index is 10.3. The number of hydrogen-bond donors (Lipinski definition) is 2. The molecular weight excluding hydrogens is 178 g/mol. The summed E-state index contributed by atoms with van der Waals surface area (Å²) in [4.78, 5) is 10.3. The average molecular weight is 191 g/mol. The number of carbonyl (C=O) groups is 1. The molecule has 1 aromatic carbocycles. The van der Waals surface area contributed by atoms with Crippen LogP contribution >= 0.6 is 0 Å². The third-order valence-corrected chi connectivity index (χ3v) is 2.01. The summed E-state index contributed by atoms with van der Waals surface area (Å²) < 4.78 is 0. The summed E-state index contributed by atoms with van der Waals surface area (Å²) in [7, 11) is 0. The summed E-state index contributed by atoms with van der Waals surface area (Å²) >= 11 is 0. The smallest absolute Gasteiger partial charge is 0.307 e. The fraction of sp³-hybridized carbons (Fsp3) is 0.182. The summed E-state index contributed by atoms with van der Waals surface area (Å²) in [5.74, 6) is -0.831. The van der Waals surface area contributed by atoms with E-state index in [1.54, 1.807) is 12.2 Å². The first kappa shape index (κ1) is 10.3. The van der Waals surface area contributed by atoms with Crippen molar-refractivity contribution >= 4 is 17.7 Å². The summed E-state index contributed by atoms with van der Waals surface area (Å²) in [5.41, 5.74) is 8.37. The van der Waals surface area contributed by atoms with Crippen LogP contribution in [0.25, 0.3) is 6.08 Å². The van der Waals surface area contributed by atoms with E-state index in [-0.39, 0.29) is 6.42 Å². The van der Waals surface area contributed by atoms with Crippen molar-refractivity contribution in [2.45, 2.75) is 13.3 Å². The molecule has 1 rings (SSSR count). The van der Waals surface area contributed by atoms with Gasteiger partial charge in [-0.05, 0) is 24.1 Å². The molecule has 0 spiro atoms. The monoisotopic (exact) mass is 191 g/mol. The van der Waals surface area contributed by atoms with Crippen LogP contribution in [0.15, 0.2) is 24.3 Å². The Bertz CT molecular complexity index is 370. The molecule has 0 unspecified atom stereocenters. The first-order valence-corrected chi connectivity index (χ1v) is 4.34. The van der Waals surface area contributed by atoms with Crippen molar-refractivity contribution in [1.29, 1.82) is 0 Å². The van der Waals surface area contributed by atoms with Crippen molar-refractivity contribution in [3.63, 3.8) is 0 Å². The molecule has 14 heavy (non-hydrogen) atoms. The van der Waals surface area contributed by atoms with E-state index in [1.165, 1.54) is 0 Å². The molecule has 0 saturated heterocycles. The van der Waals surface area contributed by atoms with Gasteiger partial charge in [0.2, 0.25) is 0 Å². The Balaban J connectivity index is 2.81. The zero-order valence-electron chi connectivity index (χ0n) is 8.03. The molecule has 3 nitrogen and oxygen atoms in total. The van der Waals surface area contributed by atoms with Crippen molar-refractivity contribution in [2.24, 2.45) is 0 Å². The lowest BCUT2D eigenvalue weighted by Crippen LogP contribution is -1.92. The normalized spacial score (nSPS) is 10.6. The van der Waals surface area contributed by atoms with Crippen molar-refractivity contribution in [3.05, 3.63) is 35.4 Å². The largest absolute Gasteiger partial charge is 0.481 e. The number of hydrogen-bond acceptors (Lipinski definition) is 2. The number of nitrogen functional groups attached to an aromatic ring is 1. The number of benzene rings is 1. The highest BCUT2D eigenvalue weighted by atomic mass is 16.4. The molecule has 0 aliphatic heterocycles. The number of nitrogens with two attached hydrogens (primary N) is 1. The highest BCUT2D eigenvalue weighted by molar-refractivity contribution is 5.71. The number of rotatable bonds is 3. The molecule has 0 atom stereocenters. The van der Waals surface area contributed by atoms with Crippen molar-refractivity contribution in [1.82, 2.24) is 0 Å². The Labute approximate surface area is 82.9 Å². The zero-order chi connectivity index (χ0) is 10.6. The van der Waals surface area contributed by atoms with Gasteiger partial charge in [-0.3, -0.25) is 4.79 Å². The van der Waals surface area contributed by atoms with Crippen LogP contribution in [-0.4, -0.2) is 11.1 Å². The van der Waals surface area contributed by atoms with Crippen molar-refractivity contribution in [3.8, 4) is 0 Å². The minimum absolute atomic E-state index is 0.0360. The standard InChI is InChI=1S/C11H13NO2/c1-8-9(4-2-6-10(8)12)5-3-7-11(13)14/h2-6H,7,12H2,1H3,(H,13,14). The lowest BCUT2D eigenvalue weighted by Gasteiger charge is -2.02. The predicted octanol–water partition coefficient (Wildman–Crippen LogP) is 2.07. The lowest BCUT2D eigenvalue weighted by atomic mass is 10.1. The van der Waals surface area contributed by atoms with Crippen molar-refractivity contribution < 1.29 is 9.90 Å². The molecule has 0 aliphatic carbocycles. The summed E-state index contributed by atoms with van der Waals surface area (Å²) in [6.45, 7) is 1.91. The molecule has 0 aliphatic rings. The first-order chi connectivity index (χ1) is 6.61. The van der Waals surface area contributed by atoms with Gasteiger partial charge < -0.3 is 10.8 Å². The van der Waals surface area contributed by atoms with E-state index in [4.69, 9.17) is 10.8 Å². The van der Waals surface area contributed by atoms with Crippen LogP contribution in [0.3, 0.4) is 0 Å². The van der Waals surface area contributed by atoms with E-state index < -0.39 is 5.97 Å². The van der Waals surface area contributed by atoms with Gasteiger partial charge in [0.15, 0.2) is 0 Å². The van der Waals surface area contributed by atoms with E-state index in [2.05, 4.69) is 0 Å². The van der Waals surface area contributed by atoms with Crippen LogP contribution < -0.4 is 5.73 Å².